The number of nitrogens with zero attached hydrogens (tertiary/aromatic N) is 3. The number of hydrogen-bond acceptors (Lipinski definition) is 6. The molecule has 0 amide bonds. The third-order valence-electron chi connectivity index (χ3n) is 3.81. The van der Waals surface area contributed by atoms with Gasteiger partial charge in [0.15, 0.2) is 0 Å². The van der Waals surface area contributed by atoms with E-state index in [9.17, 15) is 10.1 Å². The summed E-state index contributed by atoms with van der Waals surface area (Å²) in [5.41, 5.74) is 9.18. The maximum atomic E-state index is 10.8. The van der Waals surface area contributed by atoms with Crippen LogP contribution in [0.3, 0.4) is 0 Å². The second-order valence-electron chi connectivity index (χ2n) is 5.64. The third-order valence-corrected chi connectivity index (χ3v) is 3.81. The lowest BCUT2D eigenvalue weighted by atomic mass is 10.1. The van der Waals surface area contributed by atoms with Crippen molar-refractivity contribution in [3.63, 3.8) is 0 Å². The predicted octanol–water partition coefficient (Wildman–Crippen LogP) is 2.96. The van der Waals surface area contributed by atoms with Crippen LogP contribution in [-0.2, 0) is 13.1 Å². The van der Waals surface area contributed by atoms with E-state index in [4.69, 9.17) is 4.74 Å². The van der Waals surface area contributed by atoms with Crippen molar-refractivity contribution in [2.24, 2.45) is 0 Å². The van der Waals surface area contributed by atoms with Crippen LogP contribution in [0.1, 0.15) is 11.1 Å². The molecule has 0 saturated carbocycles. The minimum atomic E-state index is -0.462. The highest BCUT2D eigenvalue weighted by atomic mass is 16.6. The zero-order valence-electron chi connectivity index (χ0n) is 14.3. The minimum Gasteiger partial charge on any atom is -0.496 e. The normalized spacial score (nSPS) is 10.5. The Labute approximate surface area is 150 Å². The lowest BCUT2D eigenvalue weighted by Crippen LogP contribution is -2.20. The first-order chi connectivity index (χ1) is 12.7. The number of hydrogen-bond donors (Lipinski definition) is 2. The number of para-hydroxylation sites is 1. The van der Waals surface area contributed by atoms with Crippen LogP contribution in [0.5, 0.6) is 5.75 Å². The van der Waals surface area contributed by atoms with E-state index in [0.29, 0.717) is 18.8 Å². The van der Waals surface area contributed by atoms with E-state index < -0.39 is 4.92 Å². The van der Waals surface area contributed by atoms with Crippen molar-refractivity contribution in [3.8, 4) is 5.75 Å². The van der Waals surface area contributed by atoms with E-state index in [2.05, 4.69) is 16.0 Å². The van der Waals surface area contributed by atoms with Crippen LogP contribution in [0.2, 0.25) is 0 Å². The highest BCUT2D eigenvalue weighted by molar-refractivity contribution is 5.42. The van der Waals surface area contributed by atoms with Gasteiger partial charge in [-0.2, -0.15) is 5.10 Å². The van der Waals surface area contributed by atoms with Gasteiger partial charge in [-0.1, -0.05) is 24.3 Å². The molecule has 0 unspecified atom stereocenters. The van der Waals surface area contributed by atoms with Crippen LogP contribution in [0.15, 0.2) is 60.9 Å². The SMILES string of the molecule is COc1ccc(CNNc2ccccc2)cc1Cn1cc([N+](=O)[O-])cn1. The molecule has 26 heavy (non-hydrogen) atoms. The molecule has 3 aromatic rings. The van der Waals surface area contributed by atoms with Gasteiger partial charge in [0, 0.05) is 17.8 Å². The van der Waals surface area contributed by atoms with Gasteiger partial charge in [-0.15, -0.1) is 0 Å². The topological polar surface area (TPSA) is 94.2 Å². The molecule has 0 fully saturated rings. The number of anilines is 1. The van der Waals surface area contributed by atoms with E-state index in [1.54, 1.807) is 7.11 Å². The van der Waals surface area contributed by atoms with Gasteiger partial charge in [-0.25, -0.2) is 5.43 Å². The van der Waals surface area contributed by atoms with Crippen LogP contribution < -0.4 is 15.6 Å². The Morgan fingerprint density at radius 3 is 2.73 bits per heavy atom. The van der Waals surface area contributed by atoms with Crippen LogP contribution in [0.25, 0.3) is 0 Å². The molecule has 0 aliphatic heterocycles. The summed E-state index contributed by atoms with van der Waals surface area (Å²) in [6.45, 7) is 0.988. The van der Waals surface area contributed by atoms with E-state index in [-0.39, 0.29) is 5.69 Å². The predicted molar refractivity (Wildman–Crippen MR) is 97.9 cm³/mol. The maximum absolute atomic E-state index is 10.8. The molecule has 2 aromatic carbocycles. The quantitative estimate of drug-likeness (QED) is 0.478. The molecule has 8 heteroatoms. The molecule has 134 valence electrons. The van der Waals surface area contributed by atoms with Crippen molar-refractivity contribution >= 4 is 11.4 Å². The molecule has 1 aromatic heterocycles. The van der Waals surface area contributed by atoms with E-state index in [1.807, 2.05) is 48.5 Å². The highest BCUT2D eigenvalue weighted by Gasteiger charge is 2.11. The molecule has 2 N–H and O–H groups in total. The smallest absolute Gasteiger partial charge is 0.307 e. The second kappa shape index (κ2) is 8.13. The molecule has 0 spiro atoms. The van der Waals surface area contributed by atoms with Crippen LogP contribution in [-0.4, -0.2) is 21.8 Å². The zero-order valence-corrected chi connectivity index (χ0v) is 14.3. The summed E-state index contributed by atoms with van der Waals surface area (Å²) in [5, 5.41) is 14.8. The first-order valence-electron chi connectivity index (χ1n) is 8.02. The lowest BCUT2D eigenvalue weighted by Gasteiger charge is -2.12. The summed E-state index contributed by atoms with van der Waals surface area (Å²) in [5.74, 6) is 0.711. The van der Waals surface area contributed by atoms with Gasteiger partial charge in [-0.3, -0.25) is 14.8 Å². The maximum Gasteiger partial charge on any atom is 0.307 e. The van der Waals surface area contributed by atoms with E-state index >= 15 is 0 Å². The summed E-state index contributed by atoms with van der Waals surface area (Å²) in [7, 11) is 1.60. The van der Waals surface area contributed by atoms with Gasteiger partial charge in [0.05, 0.1) is 18.6 Å². The summed E-state index contributed by atoms with van der Waals surface area (Å²) < 4.78 is 6.91. The average molecular weight is 353 g/mol. The molecule has 0 atom stereocenters. The molecular formula is C18H19N5O3. The van der Waals surface area contributed by atoms with Gasteiger partial charge < -0.3 is 10.2 Å². The Bertz CT molecular complexity index is 880. The number of methoxy groups -OCH3 is 1. The Morgan fingerprint density at radius 1 is 1.23 bits per heavy atom. The molecule has 0 saturated heterocycles. The standard InChI is InChI=1S/C18H19N5O3/c1-26-18-8-7-14(10-19-21-16-5-3-2-4-6-16)9-15(18)12-22-13-17(11-20-22)23(24)25/h2-9,11,13,19,21H,10,12H2,1H3. The van der Waals surface area contributed by atoms with Gasteiger partial charge in [-0.05, 0) is 29.8 Å². The van der Waals surface area contributed by atoms with Crippen molar-refractivity contribution in [1.29, 1.82) is 0 Å². The number of nitrogens with one attached hydrogen (secondary N) is 2. The third kappa shape index (κ3) is 4.37. The van der Waals surface area contributed by atoms with Crippen molar-refractivity contribution in [2.45, 2.75) is 13.1 Å². The number of benzene rings is 2. The van der Waals surface area contributed by atoms with Crippen molar-refractivity contribution in [3.05, 3.63) is 82.2 Å². The number of ether oxygens (including phenoxy) is 1. The Balaban J connectivity index is 1.68. The second-order valence-corrected chi connectivity index (χ2v) is 5.64. The summed E-state index contributed by atoms with van der Waals surface area (Å²) >= 11 is 0. The van der Waals surface area contributed by atoms with Crippen molar-refractivity contribution in [1.82, 2.24) is 15.2 Å². The number of rotatable bonds is 8. The summed E-state index contributed by atoms with van der Waals surface area (Å²) in [4.78, 5) is 10.3. The monoisotopic (exact) mass is 353 g/mol. The number of aromatic nitrogens is 2. The number of hydrazine groups is 1. The molecule has 1 heterocycles. The van der Waals surface area contributed by atoms with Crippen molar-refractivity contribution in [2.75, 3.05) is 12.5 Å². The van der Waals surface area contributed by atoms with Gasteiger partial charge >= 0.3 is 5.69 Å². The Hall–Kier alpha value is -3.39. The molecular weight excluding hydrogens is 334 g/mol. The van der Waals surface area contributed by atoms with E-state index in [0.717, 1.165) is 16.8 Å². The van der Waals surface area contributed by atoms with Gasteiger partial charge in [0.2, 0.25) is 0 Å². The largest absolute Gasteiger partial charge is 0.496 e. The van der Waals surface area contributed by atoms with Crippen LogP contribution in [0.4, 0.5) is 11.4 Å². The fourth-order valence-corrected chi connectivity index (χ4v) is 2.54. The summed E-state index contributed by atoms with van der Waals surface area (Å²) in [6.07, 6.45) is 2.64. The fourth-order valence-electron chi connectivity index (χ4n) is 2.54. The van der Waals surface area contributed by atoms with Crippen LogP contribution >= 0.6 is 0 Å². The number of nitro groups is 1. The fraction of sp³-hybridized carbons (Fsp3) is 0.167. The van der Waals surface area contributed by atoms with Crippen LogP contribution in [0, 0.1) is 10.1 Å². The van der Waals surface area contributed by atoms with Crippen molar-refractivity contribution < 1.29 is 9.66 Å². The van der Waals surface area contributed by atoms with Gasteiger partial charge in [0.25, 0.3) is 0 Å². The molecule has 8 nitrogen and oxygen atoms in total. The average Bonchev–Trinajstić information content (AvgIpc) is 3.12. The van der Waals surface area contributed by atoms with E-state index in [1.165, 1.54) is 17.1 Å². The zero-order chi connectivity index (χ0) is 18.4. The first-order valence-corrected chi connectivity index (χ1v) is 8.02. The Kier molecular flexibility index (Phi) is 5.45. The molecule has 0 bridgehead atoms. The molecule has 0 aliphatic carbocycles. The Morgan fingerprint density at radius 2 is 2.04 bits per heavy atom. The first kappa shape index (κ1) is 17.4. The molecule has 0 radical (unpaired) electrons. The lowest BCUT2D eigenvalue weighted by molar-refractivity contribution is -0.385. The molecule has 0 aliphatic rings. The molecule has 3 rings (SSSR count). The minimum absolute atomic E-state index is 0.0335. The summed E-state index contributed by atoms with van der Waals surface area (Å²) in [6, 6.07) is 15.7. The van der Waals surface area contributed by atoms with Gasteiger partial charge in [0.1, 0.15) is 18.1 Å². The highest BCUT2D eigenvalue weighted by Crippen LogP contribution is 2.22.